The summed E-state index contributed by atoms with van der Waals surface area (Å²) in [7, 11) is 0. The Bertz CT molecular complexity index is 245. The molecule has 17 heavy (non-hydrogen) atoms. The Hall–Kier alpha value is -0.420. The largest absolute Gasteiger partial charge is 0.444 e. The van der Waals surface area contributed by atoms with Crippen molar-refractivity contribution in [3.05, 3.63) is 0 Å². The third-order valence-electron chi connectivity index (χ3n) is 2.57. The molecule has 1 rings (SSSR count). The molecule has 0 spiro atoms. The van der Waals surface area contributed by atoms with E-state index in [0.29, 0.717) is 5.25 Å². The van der Waals surface area contributed by atoms with Gasteiger partial charge in [-0.15, -0.1) is 0 Å². The minimum atomic E-state index is -0.401. The molecule has 0 atom stereocenters. The number of ether oxygens (including phenoxy) is 1. The van der Waals surface area contributed by atoms with Crippen LogP contribution in [0, 0.1) is 0 Å². The van der Waals surface area contributed by atoms with E-state index < -0.39 is 5.60 Å². The standard InChI is InChI=1S/C12H24N2O2S/c1-12(2,3)16-11(15)14-7-4-10(5-8-14)17-9-6-13/h10H,4-9,13H2,1-3H3. The van der Waals surface area contributed by atoms with E-state index in [9.17, 15) is 4.79 Å². The molecule has 0 aliphatic carbocycles. The predicted molar refractivity (Wildman–Crippen MR) is 72.3 cm³/mol. The van der Waals surface area contributed by atoms with Crippen molar-refractivity contribution in [2.45, 2.75) is 44.5 Å². The molecule has 1 aliphatic rings. The fraction of sp³-hybridized carbons (Fsp3) is 0.917. The van der Waals surface area contributed by atoms with Crippen LogP contribution in [0.15, 0.2) is 0 Å². The molecule has 1 heterocycles. The average Bonchev–Trinajstić information content (AvgIpc) is 2.24. The molecule has 100 valence electrons. The van der Waals surface area contributed by atoms with Gasteiger partial charge in [0, 0.05) is 30.6 Å². The SMILES string of the molecule is CC(C)(C)OC(=O)N1CCC(SCCN)CC1. The number of hydrogen-bond acceptors (Lipinski definition) is 4. The summed E-state index contributed by atoms with van der Waals surface area (Å²) in [6.07, 6.45) is 1.91. The molecule has 2 N–H and O–H groups in total. The molecular formula is C12H24N2O2S. The van der Waals surface area contributed by atoms with Crippen LogP contribution in [-0.2, 0) is 4.74 Å². The first-order valence-corrected chi connectivity index (χ1v) is 7.27. The summed E-state index contributed by atoms with van der Waals surface area (Å²) in [5.74, 6) is 1.01. The van der Waals surface area contributed by atoms with Crippen molar-refractivity contribution in [3.63, 3.8) is 0 Å². The van der Waals surface area contributed by atoms with Crippen LogP contribution in [0.3, 0.4) is 0 Å². The molecule has 0 saturated carbocycles. The first-order chi connectivity index (χ1) is 7.92. The third-order valence-corrected chi connectivity index (χ3v) is 3.98. The van der Waals surface area contributed by atoms with Gasteiger partial charge < -0.3 is 15.4 Å². The smallest absolute Gasteiger partial charge is 0.410 e. The minimum Gasteiger partial charge on any atom is -0.444 e. The van der Waals surface area contributed by atoms with E-state index in [4.69, 9.17) is 10.5 Å². The first kappa shape index (κ1) is 14.6. The number of piperidine rings is 1. The van der Waals surface area contributed by atoms with Crippen molar-refractivity contribution in [1.82, 2.24) is 4.90 Å². The number of likely N-dealkylation sites (tertiary alicyclic amines) is 1. The summed E-state index contributed by atoms with van der Waals surface area (Å²) < 4.78 is 5.35. The normalized spacial score (nSPS) is 18.2. The summed E-state index contributed by atoms with van der Waals surface area (Å²) in [5.41, 5.74) is 5.08. The van der Waals surface area contributed by atoms with Gasteiger partial charge in [-0.2, -0.15) is 11.8 Å². The number of carbonyl (C=O) groups is 1. The first-order valence-electron chi connectivity index (χ1n) is 6.22. The number of nitrogens with two attached hydrogens (primary N) is 1. The highest BCUT2D eigenvalue weighted by Gasteiger charge is 2.26. The number of thioether (sulfide) groups is 1. The quantitative estimate of drug-likeness (QED) is 0.844. The van der Waals surface area contributed by atoms with Crippen molar-refractivity contribution in [3.8, 4) is 0 Å². The van der Waals surface area contributed by atoms with Gasteiger partial charge in [0.2, 0.25) is 0 Å². The summed E-state index contributed by atoms with van der Waals surface area (Å²) in [4.78, 5) is 13.6. The van der Waals surface area contributed by atoms with E-state index in [2.05, 4.69) is 0 Å². The van der Waals surface area contributed by atoms with Crippen molar-refractivity contribution in [2.24, 2.45) is 5.73 Å². The molecule has 0 radical (unpaired) electrons. The molecule has 1 saturated heterocycles. The van der Waals surface area contributed by atoms with E-state index in [1.165, 1.54) is 0 Å². The maximum absolute atomic E-state index is 11.8. The Balaban J connectivity index is 2.29. The van der Waals surface area contributed by atoms with Crippen LogP contribution in [0.1, 0.15) is 33.6 Å². The average molecular weight is 260 g/mol. The number of hydrogen-bond donors (Lipinski definition) is 1. The van der Waals surface area contributed by atoms with Crippen LogP contribution < -0.4 is 5.73 Å². The molecular weight excluding hydrogens is 236 g/mol. The van der Waals surface area contributed by atoms with Gasteiger partial charge in [0.1, 0.15) is 5.60 Å². The molecule has 4 nitrogen and oxygen atoms in total. The van der Waals surface area contributed by atoms with E-state index in [1.54, 1.807) is 0 Å². The van der Waals surface area contributed by atoms with Crippen molar-refractivity contribution in [2.75, 3.05) is 25.4 Å². The van der Waals surface area contributed by atoms with E-state index in [0.717, 1.165) is 38.2 Å². The monoisotopic (exact) mass is 260 g/mol. The Kier molecular flexibility index (Phi) is 5.59. The summed E-state index contributed by atoms with van der Waals surface area (Å²) >= 11 is 1.92. The number of carbonyl (C=O) groups excluding carboxylic acids is 1. The Morgan fingerprint density at radius 3 is 2.47 bits per heavy atom. The summed E-state index contributed by atoms with van der Waals surface area (Å²) in [5, 5.41) is 0.650. The second-order valence-corrected chi connectivity index (χ2v) is 6.73. The number of amides is 1. The van der Waals surface area contributed by atoms with Crippen LogP contribution in [0.2, 0.25) is 0 Å². The van der Waals surface area contributed by atoms with Crippen LogP contribution >= 0.6 is 11.8 Å². The van der Waals surface area contributed by atoms with Crippen molar-refractivity contribution >= 4 is 17.9 Å². The highest BCUT2D eigenvalue weighted by molar-refractivity contribution is 7.99. The van der Waals surface area contributed by atoms with Gasteiger partial charge in [0.15, 0.2) is 0 Å². The summed E-state index contributed by atoms with van der Waals surface area (Å²) in [6, 6.07) is 0. The van der Waals surface area contributed by atoms with Gasteiger partial charge in [-0.05, 0) is 33.6 Å². The van der Waals surface area contributed by atoms with Gasteiger partial charge in [0.25, 0.3) is 0 Å². The molecule has 0 aromatic heterocycles. The molecule has 0 bridgehead atoms. The fourth-order valence-corrected chi connectivity index (χ4v) is 2.78. The van der Waals surface area contributed by atoms with Crippen molar-refractivity contribution in [1.29, 1.82) is 0 Å². The van der Waals surface area contributed by atoms with Gasteiger partial charge in [-0.25, -0.2) is 4.79 Å². The lowest BCUT2D eigenvalue weighted by Crippen LogP contribution is -2.42. The number of nitrogens with zero attached hydrogens (tertiary/aromatic N) is 1. The van der Waals surface area contributed by atoms with Gasteiger partial charge in [-0.3, -0.25) is 0 Å². The van der Waals surface area contributed by atoms with Crippen LogP contribution in [-0.4, -0.2) is 47.2 Å². The van der Waals surface area contributed by atoms with Crippen LogP contribution in [0.4, 0.5) is 4.79 Å². The highest BCUT2D eigenvalue weighted by Crippen LogP contribution is 2.23. The Morgan fingerprint density at radius 1 is 1.41 bits per heavy atom. The predicted octanol–water partition coefficient (Wildman–Crippen LogP) is 2.08. The molecule has 5 heteroatoms. The second-order valence-electron chi connectivity index (χ2n) is 5.33. The minimum absolute atomic E-state index is 0.181. The molecule has 0 aromatic rings. The van der Waals surface area contributed by atoms with Gasteiger partial charge in [0.05, 0.1) is 0 Å². The number of rotatable bonds is 3. The summed E-state index contributed by atoms with van der Waals surface area (Å²) in [6.45, 7) is 8.03. The zero-order chi connectivity index (χ0) is 12.9. The Labute approximate surface area is 108 Å². The Morgan fingerprint density at radius 2 is 2.00 bits per heavy atom. The van der Waals surface area contributed by atoms with Gasteiger partial charge in [-0.1, -0.05) is 0 Å². The van der Waals surface area contributed by atoms with E-state index in [1.807, 2.05) is 37.4 Å². The maximum atomic E-state index is 11.8. The second kappa shape index (κ2) is 6.50. The molecule has 0 aromatic carbocycles. The van der Waals surface area contributed by atoms with Gasteiger partial charge >= 0.3 is 6.09 Å². The molecule has 1 fully saturated rings. The maximum Gasteiger partial charge on any atom is 0.410 e. The topological polar surface area (TPSA) is 55.6 Å². The van der Waals surface area contributed by atoms with Crippen LogP contribution in [0.5, 0.6) is 0 Å². The van der Waals surface area contributed by atoms with Crippen molar-refractivity contribution < 1.29 is 9.53 Å². The lowest BCUT2D eigenvalue weighted by molar-refractivity contribution is 0.0219. The van der Waals surface area contributed by atoms with E-state index in [-0.39, 0.29) is 6.09 Å². The molecule has 1 aliphatic heterocycles. The zero-order valence-corrected chi connectivity index (χ0v) is 11.9. The lowest BCUT2D eigenvalue weighted by atomic mass is 10.1. The highest BCUT2D eigenvalue weighted by atomic mass is 32.2. The zero-order valence-electron chi connectivity index (χ0n) is 11.1. The van der Waals surface area contributed by atoms with E-state index >= 15 is 0 Å². The third kappa shape index (κ3) is 5.64. The lowest BCUT2D eigenvalue weighted by Gasteiger charge is -2.33. The molecule has 0 unspecified atom stereocenters. The molecule has 1 amide bonds. The fourth-order valence-electron chi connectivity index (χ4n) is 1.77. The van der Waals surface area contributed by atoms with Crippen LogP contribution in [0.25, 0.3) is 0 Å².